The Morgan fingerprint density at radius 2 is 2.30 bits per heavy atom. The van der Waals surface area contributed by atoms with Crippen molar-refractivity contribution < 1.29 is 4.74 Å². The summed E-state index contributed by atoms with van der Waals surface area (Å²) >= 11 is 0. The van der Waals surface area contributed by atoms with Crippen LogP contribution in [0.3, 0.4) is 0 Å². The van der Waals surface area contributed by atoms with Gasteiger partial charge in [-0.05, 0) is 19.8 Å². The maximum atomic E-state index is 8.44. The largest absolute Gasteiger partial charge is 0.381 e. The Hall–Kier alpha value is -0.550. The maximum Gasteiger partial charge on any atom is 0.0628 e. The number of rotatable bonds is 4. The molecule has 0 aromatic rings. The van der Waals surface area contributed by atoms with Gasteiger partial charge in [-0.15, -0.1) is 0 Å². The Morgan fingerprint density at radius 3 is 2.70 bits per heavy atom. The molecule has 0 heterocycles. The minimum Gasteiger partial charge on any atom is -0.381 e. The summed E-state index contributed by atoms with van der Waals surface area (Å²) < 4.78 is 5.26. The van der Waals surface area contributed by atoms with E-state index in [1.54, 1.807) is 0 Å². The van der Waals surface area contributed by atoms with Crippen LogP contribution >= 0.6 is 0 Å². The van der Waals surface area contributed by atoms with Gasteiger partial charge in [-0.25, -0.2) is 0 Å². The highest BCUT2D eigenvalue weighted by Gasteiger charge is 2.42. The van der Waals surface area contributed by atoms with Crippen LogP contribution in [0, 0.1) is 16.7 Å². The van der Waals surface area contributed by atoms with Crippen molar-refractivity contribution in [2.24, 2.45) is 5.41 Å². The van der Waals surface area contributed by atoms with Gasteiger partial charge in [-0.1, -0.05) is 0 Å². The van der Waals surface area contributed by atoms with Crippen molar-refractivity contribution in [3.8, 4) is 6.07 Å². The Morgan fingerprint density at radius 1 is 1.60 bits per heavy atom. The summed E-state index contributed by atoms with van der Waals surface area (Å²) in [5, 5.41) is 8.44. The van der Waals surface area contributed by atoms with Crippen molar-refractivity contribution in [3.05, 3.63) is 0 Å². The molecule has 2 nitrogen and oxygen atoms in total. The second-order valence-electron chi connectivity index (χ2n) is 2.97. The van der Waals surface area contributed by atoms with E-state index in [1.807, 2.05) is 6.92 Å². The third-order valence-corrected chi connectivity index (χ3v) is 2.02. The topological polar surface area (TPSA) is 33.0 Å². The van der Waals surface area contributed by atoms with Gasteiger partial charge in [0.1, 0.15) is 0 Å². The van der Waals surface area contributed by atoms with Gasteiger partial charge in [-0.2, -0.15) is 5.26 Å². The molecule has 1 rings (SSSR count). The van der Waals surface area contributed by atoms with Crippen LogP contribution in [0.5, 0.6) is 0 Å². The first-order valence-electron chi connectivity index (χ1n) is 3.78. The molecule has 1 fully saturated rings. The van der Waals surface area contributed by atoms with E-state index in [0.717, 1.165) is 13.2 Å². The lowest BCUT2D eigenvalue weighted by atomic mass is 10.1. The molecule has 0 radical (unpaired) electrons. The molecule has 2 heteroatoms. The minimum absolute atomic E-state index is 0.269. The molecule has 0 unspecified atom stereocenters. The Labute approximate surface area is 61.8 Å². The maximum absolute atomic E-state index is 8.44. The quantitative estimate of drug-likeness (QED) is 0.594. The number of hydrogen-bond acceptors (Lipinski definition) is 2. The van der Waals surface area contributed by atoms with E-state index in [0.29, 0.717) is 6.42 Å². The molecule has 0 aromatic carbocycles. The molecule has 1 saturated carbocycles. The van der Waals surface area contributed by atoms with Crippen molar-refractivity contribution in [2.75, 3.05) is 13.2 Å². The monoisotopic (exact) mass is 139 g/mol. The van der Waals surface area contributed by atoms with Crippen molar-refractivity contribution >= 4 is 0 Å². The molecule has 0 atom stereocenters. The molecular formula is C8H13NO. The lowest BCUT2D eigenvalue weighted by Gasteiger charge is -2.08. The van der Waals surface area contributed by atoms with Crippen LogP contribution in [0.15, 0.2) is 0 Å². The van der Waals surface area contributed by atoms with Crippen LogP contribution < -0.4 is 0 Å². The van der Waals surface area contributed by atoms with Gasteiger partial charge >= 0.3 is 0 Å². The predicted octanol–water partition coefficient (Wildman–Crippen LogP) is 1.72. The summed E-state index contributed by atoms with van der Waals surface area (Å²) in [6, 6.07) is 2.20. The van der Waals surface area contributed by atoms with E-state index in [4.69, 9.17) is 10.00 Å². The fourth-order valence-corrected chi connectivity index (χ4v) is 1.04. The van der Waals surface area contributed by atoms with Crippen molar-refractivity contribution in [2.45, 2.75) is 26.2 Å². The molecule has 1 aliphatic rings. The van der Waals surface area contributed by atoms with E-state index >= 15 is 0 Å². The third kappa shape index (κ3) is 1.71. The second-order valence-corrected chi connectivity index (χ2v) is 2.97. The average Bonchev–Trinajstić information content (AvgIpc) is 2.67. The molecular weight excluding hydrogens is 126 g/mol. The van der Waals surface area contributed by atoms with Crippen LogP contribution in [-0.4, -0.2) is 13.2 Å². The summed E-state index contributed by atoms with van der Waals surface area (Å²) in [5.74, 6) is 0. The highest BCUT2D eigenvalue weighted by molar-refractivity contribution is 4.99. The van der Waals surface area contributed by atoms with Crippen molar-refractivity contribution in [1.82, 2.24) is 0 Å². The standard InChI is InChI=1S/C8H13NO/c1-2-10-7-8(3-4-8)5-6-9/h2-5,7H2,1H3. The van der Waals surface area contributed by atoms with Gasteiger partial charge in [0.05, 0.1) is 12.7 Å². The normalized spacial score (nSPS) is 20.0. The lowest BCUT2D eigenvalue weighted by molar-refractivity contribution is 0.102. The van der Waals surface area contributed by atoms with Gasteiger partial charge in [0, 0.05) is 18.4 Å². The zero-order chi connectivity index (χ0) is 7.45. The number of ether oxygens (including phenoxy) is 1. The van der Waals surface area contributed by atoms with Gasteiger partial charge < -0.3 is 4.74 Å². The molecule has 0 bridgehead atoms. The summed E-state index contributed by atoms with van der Waals surface area (Å²) in [6.45, 7) is 3.55. The third-order valence-electron chi connectivity index (χ3n) is 2.02. The highest BCUT2D eigenvalue weighted by Crippen LogP contribution is 2.48. The minimum atomic E-state index is 0.269. The first-order valence-corrected chi connectivity index (χ1v) is 3.78. The zero-order valence-electron chi connectivity index (χ0n) is 6.39. The molecule has 0 saturated heterocycles. The van der Waals surface area contributed by atoms with Crippen LogP contribution in [0.1, 0.15) is 26.2 Å². The fraction of sp³-hybridized carbons (Fsp3) is 0.875. The van der Waals surface area contributed by atoms with Crippen molar-refractivity contribution in [1.29, 1.82) is 5.26 Å². The Bertz CT molecular complexity index is 144. The smallest absolute Gasteiger partial charge is 0.0628 e. The van der Waals surface area contributed by atoms with E-state index in [2.05, 4.69) is 6.07 Å². The molecule has 1 aliphatic carbocycles. The van der Waals surface area contributed by atoms with Crippen molar-refractivity contribution in [3.63, 3.8) is 0 Å². The zero-order valence-corrected chi connectivity index (χ0v) is 6.39. The van der Waals surface area contributed by atoms with Gasteiger partial charge in [0.25, 0.3) is 0 Å². The van der Waals surface area contributed by atoms with Gasteiger partial charge in [-0.3, -0.25) is 0 Å². The predicted molar refractivity (Wildman–Crippen MR) is 38.4 cm³/mol. The second kappa shape index (κ2) is 3.03. The summed E-state index contributed by atoms with van der Waals surface area (Å²) in [4.78, 5) is 0. The van der Waals surface area contributed by atoms with E-state index in [1.165, 1.54) is 12.8 Å². The molecule has 0 amide bonds. The number of nitriles is 1. The molecule has 10 heavy (non-hydrogen) atoms. The van der Waals surface area contributed by atoms with E-state index in [-0.39, 0.29) is 5.41 Å². The average molecular weight is 139 g/mol. The summed E-state index contributed by atoms with van der Waals surface area (Å²) in [5.41, 5.74) is 0.269. The fourth-order valence-electron chi connectivity index (χ4n) is 1.04. The molecule has 0 aromatic heterocycles. The van der Waals surface area contributed by atoms with E-state index < -0.39 is 0 Å². The highest BCUT2D eigenvalue weighted by atomic mass is 16.5. The van der Waals surface area contributed by atoms with Crippen LogP contribution in [-0.2, 0) is 4.74 Å². The van der Waals surface area contributed by atoms with Gasteiger partial charge in [0.15, 0.2) is 0 Å². The Balaban J connectivity index is 2.18. The number of nitrogens with zero attached hydrogens (tertiary/aromatic N) is 1. The summed E-state index contributed by atoms with van der Waals surface area (Å²) in [6.07, 6.45) is 3.04. The number of hydrogen-bond donors (Lipinski definition) is 0. The van der Waals surface area contributed by atoms with E-state index in [9.17, 15) is 0 Å². The van der Waals surface area contributed by atoms with Gasteiger partial charge in [0.2, 0.25) is 0 Å². The van der Waals surface area contributed by atoms with Crippen LogP contribution in [0.2, 0.25) is 0 Å². The van der Waals surface area contributed by atoms with Crippen LogP contribution in [0.25, 0.3) is 0 Å². The summed E-state index contributed by atoms with van der Waals surface area (Å²) in [7, 11) is 0. The molecule has 56 valence electrons. The SMILES string of the molecule is CCOCC1(CC#N)CC1. The molecule has 0 aliphatic heterocycles. The van der Waals surface area contributed by atoms with Crippen LogP contribution in [0.4, 0.5) is 0 Å². The molecule has 0 N–H and O–H groups in total. The first-order chi connectivity index (χ1) is 4.83. The molecule has 0 spiro atoms. The first kappa shape index (κ1) is 7.56. The lowest BCUT2D eigenvalue weighted by Crippen LogP contribution is -2.09. The Kier molecular flexibility index (Phi) is 2.29.